The molecule has 4 rings (SSSR count). The Morgan fingerprint density at radius 2 is 1.89 bits per heavy atom. The van der Waals surface area contributed by atoms with Crippen LogP contribution in [0.2, 0.25) is 0 Å². The highest BCUT2D eigenvalue weighted by molar-refractivity contribution is 5.99. The molecule has 1 aliphatic carbocycles. The van der Waals surface area contributed by atoms with E-state index in [-0.39, 0.29) is 35.6 Å². The van der Waals surface area contributed by atoms with Crippen LogP contribution in [0.5, 0.6) is 11.5 Å². The summed E-state index contributed by atoms with van der Waals surface area (Å²) in [7, 11) is 2.92. The SMILES string of the molecule is COc1ccc2c(c1OC)C(=O)O[C@H]2N1C(=O)CC[C@H]1C(=O)NC1CCCC1. The molecular formula is C20H24N2O6. The molecule has 0 spiro atoms. The Kier molecular flexibility index (Phi) is 4.87. The normalized spacial score (nSPS) is 24.3. The number of nitrogens with one attached hydrogen (secondary N) is 1. The summed E-state index contributed by atoms with van der Waals surface area (Å²) in [6.07, 6.45) is 3.86. The van der Waals surface area contributed by atoms with E-state index in [1.165, 1.54) is 19.1 Å². The van der Waals surface area contributed by atoms with Crippen molar-refractivity contribution in [2.75, 3.05) is 14.2 Å². The molecule has 0 bridgehead atoms. The Morgan fingerprint density at radius 3 is 2.57 bits per heavy atom. The summed E-state index contributed by atoms with van der Waals surface area (Å²) in [6, 6.07) is 2.86. The third kappa shape index (κ3) is 2.96. The Morgan fingerprint density at radius 1 is 1.14 bits per heavy atom. The Bertz CT molecular complexity index is 817. The summed E-state index contributed by atoms with van der Waals surface area (Å²) in [5.74, 6) is -0.298. The van der Waals surface area contributed by atoms with Crippen molar-refractivity contribution in [3.8, 4) is 11.5 Å². The number of methoxy groups -OCH3 is 2. The van der Waals surface area contributed by atoms with Crippen LogP contribution in [0.15, 0.2) is 12.1 Å². The lowest BCUT2D eigenvalue weighted by Gasteiger charge is -2.30. The molecule has 8 heteroatoms. The lowest BCUT2D eigenvalue weighted by molar-refractivity contribution is -0.146. The van der Waals surface area contributed by atoms with Crippen LogP contribution >= 0.6 is 0 Å². The maximum Gasteiger partial charge on any atom is 0.344 e. The van der Waals surface area contributed by atoms with Gasteiger partial charge in [-0.3, -0.25) is 14.5 Å². The number of benzene rings is 1. The van der Waals surface area contributed by atoms with Gasteiger partial charge in [0, 0.05) is 18.0 Å². The molecule has 1 aromatic rings. The number of ether oxygens (including phenoxy) is 3. The predicted molar refractivity (Wildman–Crippen MR) is 98.0 cm³/mol. The first-order valence-electron chi connectivity index (χ1n) is 9.62. The molecule has 0 radical (unpaired) electrons. The van der Waals surface area contributed by atoms with Gasteiger partial charge in [0.25, 0.3) is 0 Å². The van der Waals surface area contributed by atoms with Crippen LogP contribution in [0.1, 0.15) is 60.7 Å². The average molecular weight is 388 g/mol. The van der Waals surface area contributed by atoms with E-state index in [9.17, 15) is 14.4 Å². The first-order chi connectivity index (χ1) is 13.5. The number of likely N-dealkylation sites (tertiary alicyclic amines) is 1. The van der Waals surface area contributed by atoms with E-state index in [0.29, 0.717) is 17.7 Å². The number of hydrogen-bond donors (Lipinski definition) is 1. The number of carbonyl (C=O) groups excluding carboxylic acids is 3. The molecule has 2 aliphatic heterocycles. The number of nitrogens with zero attached hydrogens (tertiary/aromatic N) is 1. The smallest absolute Gasteiger partial charge is 0.344 e. The van der Waals surface area contributed by atoms with Gasteiger partial charge >= 0.3 is 5.97 Å². The summed E-state index contributed by atoms with van der Waals surface area (Å²) in [4.78, 5) is 39.4. The van der Waals surface area contributed by atoms with Crippen LogP contribution < -0.4 is 14.8 Å². The van der Waals surface area contributed by atoms with Gasteiger partial charge in [-0.2, -0.15) is 0 Å². The minimum absolute atomic E-state index is 0.160. The minimum Gasteiger partial charge on any atom is -0.493 e. The van der Waals surface area contributed by atoms with E-state index in [1.807, 2.05) is 0 Å². The van der Waals surface area contributed by atoms with E-state index in [0.717, 1.165) is 25.7 Å². The molecule has 3 aliphatic rings. The second-order valence-corrected chi connectivity index (χ2v) is 7.37. The number of amides is 2. The predicted octanol–water partition coefficient (Wildman–Crippen LogP) is 1.92. The molecule has 2 atom stereocenters. The molecular weight excluding hydrogens is 364 g/mol. The van der Waals surface area contributed by atoms with E-state index in [4.69, 9.17) is 14.2 Å². The monoisotopic (exact) mass is 388 g/mol. The van der Waals surface area contributed by atoms with Crippen LogP contribution in [0, 0.1) is 0 Å². The van der Waals surface area contributed by atoms with Gasteiger partial charge in [-0.1, -0.05) is 12.8 Å². The molecule has 8 nitrogen and oxygen atoms in total. The van der Waals surface area contributed by atoms with Gasteiger partial charge in [0.2, 0.25) is 18.0 Å². The molecule has 2 amide bonds. The molecule has 28 heavy (non-hydrogen) atoms. The maximum absolute atomic E-state index is 12.8. The number of cyclic esters (lactones) is 1. The molecule has 1 N–H and O–H groups in total. The first-order valence-corrected chi connectivity index (χ1v) is 9.62. The van der Waals surface area contributed by atoms with Gasteiger partial charge in [-0.15, -0.1) is 0 Å². The van der Waals surface area contributed by atoms with Gasteiger partial charge in [-0.25, -0.2) is 4.79 Å². The van der Waals surface area contributed by atoms with Crippen molar-refractivity contribution in [2.45, 2.75) is 56.8 Å². The van der Waals surface area contributed by atoms with Crippen LogP contribution in [0.4, 0.5) is 0 Å². The van der Waals surface area contributed by atoms with E-state index >= 15 is 0 Å². The standard InChI is InChI=1S/C20H24N2O6/c1-26-14-9-7-12-16(17(14)27-2)20(25)28-19(12)22-13(8-10-15(22)23)18(24)21-11-5-3-4-6-11/h7,9,11,13,19H,3-6,8,10H2,1-2H3,(H,21,24)/t13-,19+/m0/s1. The second-order valence-electron chi connectivity index (χ2n) is 7.37. The number of hydrogen-bond acceptors (Lipinski definition) is 6. The number of fused-ring (bicyclic) bond motifs is 1. The third-order valence-electron chi connectivity index (χ3n) is 5.78. The highest BCUT2D eigenvalue weighted by Gasteiger charge is 2.48. The van der Waals surface area contributed by atoms with Crippen molar-refractivity contribution < 1.29 is 28.6 Å². The summed E-state index contributed by atoms with van der Waals surface area (Å²) >= 11 is 0. The van der Waals surface area contributed by atoms with E-state index in [1.54, 1.807) is 12.1 Å². The Balaban J connectivity index is 1.64. The van der Waals surface area contributed by atoms with Crippen LogP contribution in [0.3, 0.4) is 0 Å². The van der Waals surface area contributed by atoms with Gasteiger partial charge in [0.1, 0.15) is 11.6 Å². The first kappa shape index (κ1) is 18.6. The summed E-state index contributed by atoms with van der Waals surface area (Å²) < 4.78 is 16.1. The highest BCUT2D eigenvalue weighted by atomic mass is 16.6. The molecule has 0 aromatic heterocycles. The van der Waals surface area contributed by atoms with Crippen molar-refractivity contribution in [2.24, 2.45) is 0 Å². The van der Waals surface area contributed by atoms with Crippen LogP contribution in [-0.2, 0) is 14.3 Å². The largest absolute Gasteiger partial charge is 0.493 e. The van der Waals surface area contributed by atoms with E-state index < -0.39 is 18.2 Å². The average Bonchev–Trinajstić information content (AvgIpc) is 3.40. The molecule has 1 saturated carbocycles. The zero-order valence-electron chi connectivity index (χ0n) is 16.0. The molecule has 150 valence electrons. The van der Waals surface area contributed by atoms with Crippen molar-refractivity contribution in [3.05, 3.63) is 23.3 Å². The van der Waals surface area contributed by atoms with Crippen LogP contribution in [0.25, 0.3) is 0 Å². The maximum atomic E-state index is 12.8. The van der Waals surface area contributed by atoms with Gasteiger partial charge < -0.3 is 19.5 Å². The van der Waals surface area contributed by atoms with Crippen molar-refractivity contribution in [3.63, 3.8) is 0 Å². The highest BCUT2D eigenvalue weighted by Crippen LogP contribution is 2.45. The molecule has 1 aromatic carbocycles. The second kappa shape index (κ2) is 7.33. The topological polar surface area (TPSA) is 94.2 Å². The number of esters is 1. The summed E-state index contributed by atoms with van der Waals surface area (Å²) in [5.41, 5.74) is 0.748. The quantitative estimate of drug-likeness (QED) is 0.775. The lowest BCUT2D eigenvalue weighted by atomic mass is 10.0. The number of rotatable bonds is 5. The fourth-order valence-corrected chi connectivity index (χ4v) is 4.41. The molecule has 2 heterocycles. The summed E-state index contributed by atoms with van der Waals surface area (Å²) in [6.45, 7) is 0. The Hall–Kier alpha value is -2.77. The van der Waals surface area contributed by atoms with Crippen LogP contribution in [-0.4, -0.2) is 49.0 Å². The third-order valence-corrected chi connectivity index (χ3v) is 5.78. The fraction of sp³-hybridized carbons (Fsp3) is 0.550. The Labute approximate surface area is 163 Å². The van der Waals surface area contributed by atoms with Gasteiger partial charge in [0.15, 0.2) is 11.5 Å². The minimum atomic E-state index is -0.934. The zero-order valence-corrected chi connectivity index (χ0v) is 16.0. The molecule has 1 saturated heterocycles. The van der Waals surface area contributed by atoms with Gasteiger partial charge in [-0.05, 0) is 31.4 Å². The fourth-order valence-electron chi connectivity index (χ4n) is 4.41. The van der Waals surface area contributed by atoms with Crippen molar-refractivity contribution >= 4 is 17.8 Å². The van der Waals surface area contributed by atoms with Crippen molar-refractivity contribution in [1.82, 2.24) is 10.2 Å². The molecule has 2 fully saturated rings. The number of carbonyl (C=O) groups is 3. The lowest BCUT2D eigenvalue weighted by Crippen LogP contribution is -2.48. The molecule has 0 unspecified atom stereocenters. The summed E-state index contributed by atoms with van der Waals surface area (Å²) in [5, 5.41) is 3.05. The van der Waals surface area contributed by atoms with Crippen molar-refractivity contribution in [1.29, 1.82) is 0 Å². The van der Waals surface area contributed by atoms with E-state index in [2.05, 4.69) is 5.32 Å². The zero-order chi connectivity index (χ0) is 19.8. The van der Waals surface area contributed by atoms with Gasteiger partial charge in [0.05, 0.1) is 14.2 Å².